The molecule has 3 aromatic rings. The molecular formula is C17H17N5O5S. The third-order valence-electron chi connectivity index (χ3n) is 3.91. The van der Waals surface area contributed by atoms with Crippen molar-refractivity contribution in [2.75, 3.05) is 17.0 Å². The van der Waals surface area contributed by atoms with Crippen LogP contribution in [0.3, 0.4) is 0 Å². The molecule has 1 aromatic carbocycles. The van der Waals surface area contributed by atoms with E-state index in [1.807, 2.05) is 0 Å². The first-order chi connectivity index (χ1) is 13.3. The molecule has 10 nitrogen and oxygen atoms in total. The summed E-state index contributed by atoms with van der Waals surface area (Å²) in [5.74, 6) is -0.828. The van der Waals surface area contributed by atoms with E-state index in [0.29, 0.717) is 5.69 Å². The molecule has 11 heteroatoms. The van der Waals surface area contributed by atoms with Gasteiger partial charge in [-0.25, -0.2) is 12.9 Å². The highest BCUT2D eigenvalue weighted by Crippen LogP contribution is 2.18. The summed E-state index contributed by atoms with van der Waals surface area (Å²) >= 11 is 0. The normalized spacial score (nSPS) is 11.3. The summed E-state index contributed by atoms with van der Waals surface area (Å²) in [5.41, 5.74) is 1.24. The maximum absolute atomic E-state index is 12.2. The van der Waals surface area contributed by atoms with Crippen LogP contribution in [0, 0.1) is 10.1 Å². The number of para-hydroxylation sites is 1. The van der Waals surface area contributed by atoms with Gasteiger partial charge in [-0.2, -0.15) is 5.10 Å². The zero-order chi connectivity index (χ0) is 20.1. The summed E-state index contributed by atoms with van der Waals surface area (Å²) in [6.45, 7) is -0.121. The van der Waals surface area contributed by atoms with E-state index in [0.717, 1.165) is 5.52 Å². The van der Waals surface area contributed by atoms with Gasteiger partial charge in [0.1, 0.15) is 0 Å². The van der Waals surface area contributed by atoms with Crippen molar-refractivity contribution in [3.05, 3.63) is 70.5 Å². The van der Waals surface area contributed by atoms with Gasteiger partial charge < -0.3 is 5.32 Å². The Bertz CT molecular complexity index is 1130. The number of nitro benzene ring substituents is 1. The van der Waals surface area contributed by atoms with Crippen molar-refractivity contribution < 1.29 is 18.1 Å². The number of carbonyl (C=O) groups excluding carboxylic acids is 1. The van der Waals surface area contributed by atoms with Crippen molar-refractivity contribution in [1.82, 2.24) is 14.9 Å². The molecule has 1 amide bonds. The molecule has 0 aliphatic carbocycles. The molecule has 0 aliphatic heterocycles. The number of benzene rings is 1. The molecule has 28 heavy (non-hydrogen) atoms. The van der Waals surface area contributed by atoms with Gasteiger partial charge in [-0.1, -0.05) is 18.2 Å². The average molecular weight is 403 g/mol. The number of amides is 1. The van der Waals surface area contributed by atoms with Crippen LogP contribution in [-0.2, 0) is 21.2 Å². The fourth-order valence-electron chi connectivity index (χ4n) is 2.61. The second kappa shape index (κ2) is 8.05. The molecular weight excluding hydrogens is 386 g/mol. The fourth-order valence-corrected chi connectivity index (χ4v) is 3.57. The van der Waals surface area contributed by atoms with E-state index in [2.05, 4.69) is 15.1 Å². The van der Waals surface area contributed by atoms with E-state index in [4.69, 9.17) is 0 Å². The summed E-state index contributed by atoms with van der Waals surface area (Å²) < 4.78 is 28.4. The molecule has 0 unspecified atom stereocenters. The number of rotatable bonds is 8. The molecule has 0 atom stereocenters. The lowest BCUT2D eigenvalue weighted by Gasteiger charge is -2.09. The van der Waals surface area contributed by atoms with Crippen molar-refractivity contribution in [1.29, 1.82) is 0 Å². The van der Waals surface area contributed by atoms with Crippen molar-refractivity contribution in [3.8, 4) is 0 Å². The lowest BCUT2D eigenvalue weighted by Crippen LogP contribution is -2.32. The number of carbonyl (C=O) groups is 1. The number of sulfonamides is 1. The topological polar surface area (TPSA) is 136 Å². The van der Waals surface area contributed by atoms with Gasteiger partial charge in [0.2, 0.25) is 15.9 Å². The molecule has 0 bridgehead atoms. The number of nitrogens with zero attached hydrogens (tertiary/aromatic N) is 3. The monoisotopic (exact) mass is 403 g/mol. The number of nitrogens with one attached hydrogen (secondary N) is 2. The second-order valence-electron chi connectivity index (χ2n) is 5.95. The Morgan fingerprint density at radius 1 is 1.21 bits per heavy atom. The van der Waals surface area contributed by atoms with Gasteiger partial charge >= 0.3 is 0 Å². The van der Waals surface area contributed by atoms with E-state index < -0.39 is 20.9 Å². The van der Waals surface area contributed by atoms with Gasteiger partial charge in [-0.3, -0.25) is 19.6 Å². The van der Waals surface area contributed by atoms with E-state index in [1.165, 1.54) is 18.2 Å². The SMILES string of the molecule is O=C(Cc1ccccc1[N+](=O)[O-])NCCS(=O)(=O)Nc1ccn2nccc2c1. The van der Waals surface area contributed by atoms with Crippen LogP contribution in [0.25, 0.3) is 5.52 Å². The minimum Gasteiger partial charge on any atom is -0.355 e. The number of nitro groups is 1. The summed E-state index contributed by atoms with van der Waals surface area (Å²) in [5, 5.41) is 17.5. The molecule has 2 heterocycles. The molecule has 2 N–H and O–H groups in total. The predicted molar refractivity (Wildman–Crippen MR) is 102 cm³/mol. The Kier molecular flexibility index (Phi) is 5.54. The van der Waals surface area contributed by atoms with Gasteiger partial charge in [0.15, 0.2) is 0 Å². The van der Waals surface area contributed by atoms with Crippen LogP contribution in [0.1, 0.15) is 5.56 Å². The molecule has 146 valence electrons. The van der Waals surface area contributed by atoms with Crippen LogP contribution in [-0.4, -0.2) is 41.2 Å². The van der Waals surface area contributed by atoms with Crippen LogP contribution in [0.4, 0.5) is 11.4 Å². The Labute approximate surface area is 160 Å². The highest BCUT2D eigenvalue weighted by Gasteiger charge is 2.16. The second-order valence-corrected chi connectivity index (χ2v) is 7.79. The maximum atomic E-state index is 12.2. The zero-order valence-corrected chi connectivity index (χ0v) is 15.4. The number of pyridine rings is 1. The average Bonchev–Trinajstić information content (AvgIpc) is 3.09. The predicted octanol–water partition coefficient (Wildman–Crippen LogP) is 1.34. The molecule has 2 aromatic heterocycles. The lowest BCUT2D eigenvalue weighted by molar-refractivity contribution is -0.385. The van der Waals surface area contributed by atoms with Crippen molar-refractivity contribution in [2.24, 2.45) is 0 Å². The van der Waals surface area contributed by atoms with Crippen LogP contribution in [0.15, 0.2) is 54.9 Å². The Morgan fingerprint density at radius 2 is 2.00 bits per heavy atom. The van der Waals surface area contributed by atoms with Gasteiger partial charge in [-0.15, -0.1) is 0 Å². The third kappa shape index (κ3) is 4.82. The van der Waals surface area contributed by atoms with E-state index in [9.17, 15) is 23.3 Å². The molecule has 0 radical (unpaired) electrons. The van der Waals surface area contributed by atoms with E-state index in [-0.39, 0.29) is 30.0 Å². The largest absolute Gasteiger partial charge is 0.355 e. The van der Waals surface area contributed by atoms with Crippen molar-refractivity contribution in [3.63, 3.8) is 0 Å². The molecule has 0 aliphatic rings. The maximum Gasteiger partial charge on any atom is 0.273 e. The molecule has 0 spiro atoms. The van der Waals surface area contributed by atoms with Crippen LogP contribution in [0.5, 0.6) is 0 Å². The lowest BCUT2D eigenvalue weighted by atomic mass is 10.1. The number of hydrogen-bond acceptors (Lipinski definition) is 6. The molecule has 0 saturated carbocycles. The minimum absolute atomic E-state index is 0.121. The van der Waals surface area contributed by atoms with Crippen molar-refractivity contribution >= 4 is 32.8 Å². The molecule has 0 fully saturated rings. The van der Waals surface area contributed by atoms with Gasteiger partial charge in [-0.05, 0) is 18.2 Å². The highest BCUT2D eigenvalue weighted by molar-refractivity contribution is 7.92. The Morgan fingerprint density at radius 3 is 2.79 bits per heavy atom. The summed E-state index contributed by atoms with van der Waals surface area (Å²) in [6.07, 6.45) is 3.02. The smallest absolute Gasteiger partial charge is 0.273 e. The summed E-state index contributed by atoms with van der Waals surface area (Å²) in [4.78, 5) is 22.4. The number of hydrogen-bond donors (Lipinski definition) is 2. The van der Waals surface area contributed by atoms with Crippen LogP contribution in [0.2, 0.25) is 0 Å². The fraction of sp³-hybridized carbons (Fsp3) is 0.176. The van der Waals surface area contributed by atoms with E-state index in [1.54, 1.807) is 41.2 Å². The van der Waals surface area contributed by atoms with Gasteiger partial charge in [0.25, 0.3) is 5.69 Å². The first kappa shape index (κ1) is 19.3. The molecule has 3 rings (SSSR count). The minimum atomic E-state index is -3.68. The zero-order valence-electron chi connectivity index (χ0n) is 14.6. The third-order valence-corrected chi connectivity index (χ3v) is 5.19. The van der Waals surface area contributed by atoms with Crippen LogP contribution >= 0.6 is 0 Å². The van der Waals surface area contributed by atoms with Crippen LogP contribution < -0.4 is 10.0 Å². The van der Waals surface area contributed by atoms with Gasteiger partial charge in [0.05, 0.1) is 28.3 Å². The quantitative estimate of drug-likeness (QED) is 0.430. The standard InChI is InChI=1S/C17H17N5O5S/c23-17(11-13-3-1-2-4-16(13)22(24)25)18-8-10-28(26,27)20-14-6-9-21-15(12-14)5-7-19-21/h1-7,9,12,20H,8,10-11H2,(H,18,23). The number of aromatic nitrogens is 2. The number of anilines is 1. The first-order valence-corrected chi connectivity index (χ1v) is 9.92. The Balaban J connectivity index is 1.53. The van der Waals surface area contributed by atoms with E-state index >= 15 is 0 Å². The molecule has 0 saturated heterocycles. The number of fused-ring (bicyclic) bond motifs is 1. The van der Waals surface area contributed by atoms with Crippen molar-refractivity contribution in [2.45, 2.75) is 6.42 Å². The highest BCUT2D eigenvalue weighted by atomic mass is 32.2. The Hall–Kier alpha value is -3.47. The summed E-state index contributed by atoms with van der Waals surface area (Å²) in [6, 6.07) is 10.9. The van der Waals surface area contributed by atoms with Gasteiger partial charge in [0, 0.05) is 30.6 Å². The summed E-state index contributed by atoms with van der Waals surface area (Å²) in [7, 11) is -3.68. The first-order valence-electron chi connectivity index (χ1n) is 8.27.